The quantitative estimate of drug-likeness (QED) is 0.624. The van der Waals surface area contributed by atoms with Crippen LogP contribution in [0.5, 0.6) is 5.75 Å². The van der Waals surface area contributed by atoms with Gasteiger partial charge in [0.15, 0.2) is 0 Å². The van der Waals surface area contributed by atoms with Crippen molar-refractivity contribution in [2.24, 2.45) is 5.73 Å². The third kappa shape index (κ3) is 3.11. The molecule has 0 unspecified atom stereocenters. The van der Waals surface area contributed by atoms with Gasteiger partial charge in [-0.25, -0.2) is 0 Å². The summed E-state index contributed by atoms with van der Waals surface area (Å²) in [6.45, 7) is 7.42. The monoisotopic (exact) mass is 290 g/mol. The van der Waals surface area contributed by atoms with Crippen LogP contribution in [0.25, 0.3) is 5.57 Å². The summed E-state index contributed by atoms with van der Waals surface area (Å²) in [6, 6.07) is 3.56. The topological polar surface area (TPSA) is 84.8 Å². The summed E-state index contributed by atoms with van der Waals surface area (Å²) >= 11 is 0. The third-order valence-electron chi connectivity index (χ3n) is 3.81. The first-order valence-corrected chi connectivity index (χ1v) is 6.84. The Kier molecular flexibility index (Phi) is 4.37. The predicted octanol–water partition coefficient (Wildman–Crippen LogP) is 0.528. The molecule has 1 aromatic carbocycles. The minimum Gasteiger partial charge on any atom is -0.495 e. The van der Waals surface area contributed by atoms with E-state index in [1.807, 2.05) is 6.07 Å². The van der Waals surface area contributed by atoms with E-state index in [0.29, 0.717) is 17.0 Å². The number of carbonyl (C=O) groups excluding carboxylic acids is 1. The predicted molar refractivity (Wildman–Crippen MR) is 85.3 cm³/mol. The maximum absolute atomic E-state index is 11.5. The molecule has 1 aliphatic rings. The molecule has 1 heterocycles. The molecular weight excluding hydrogens is 268 g/mol. The fraction of sp³-hybridized carbons (Fsp3) is 0.400. The third-order valence-corrected chi connectivity index (χ3v) is 3.81. The highest BCUT2D eigenvalue weighted by Gasteiger charge is 2.21. The number of nitrogens with two attached hydrogens (primary N) is 2. The Balaban J connectivity index is 2.45. The number of piperazine rings is 1. The standard InChI is InChI=1S/C15H22N4O2/c1-10(15(17)20)11-8-12(16)14(21-3)9-13(11)19-6-4-18(2)5-7-19/h8-9H,1,4-7,16H2,2-3H3,(H2,17,20). The highest BCUT2D eigenvalue weighted by molar-refractivity contribution is 6.19. The number of hydrogen-bond donors (Lipinski definition) is 2. The van der Waals surface area contributed by atoms with Crippen LogP contribution in [0.4, 0.5) is 11.4 Å². The first-order valence-electron chi connectivity index (χ1n) is 6.84. The molecule has 21 heavy (non-hydrogen) atoms. The zero-order valence-corrected chi connectivity index (χ0v) is 12.6. The Bertz CT molecular complexity index is 563. The average Bonchev–Trinajstić information content (AvgIpc) is 2.47. The number of benzene rings is 1. The number of nitrogens with zero attached hydrogens (tertiary/aromatic N) is 2. The van der Waals surface area contributed by atoms with E-state index in [4.69, 9.17) is 16.2 Å². The van der Waals surface area contributed by atoms with Crippen LogP contribution < -0.4 is 21.1 Å². The van der Waals surface area contributed by atoms with Crippen molar-refractivity contribution in [1.82, 2.24) is 4.90 Å². The van der Waals surface area contributed by atoms with Crippen molar-refractivity contribution in [2.45, 2.75) is 0 Å². The van der Waals surface area contributed by atoms with Gasteiger partial charge in [0.2, 0.25) is 5.91 Å². The molecule has 0 radical (unpaired) electrons. The molecule has 1 aromatic rings. The number of likely N-dealkylation sites (N-methyl/N-ethyl adjacent to an activating group) is 1. The van der Waals surface area contributed by atoms with E-state index in [1.54, 1.807) is 13.2 Å². The van der Waals surface area contributed by atoms with Crippen molar-refractivity contribution in [2.75, 3.05) is 51.0 Å². The number of hydrogen-bond acceptors (Lipinski definition) is 5. The summed E-state index contributed by atoms with van der Waals surface area (Å²) in [5.41, 5.74) is 13.6. The van der Waals surface area contributed by atoms with E-state index in [2.05, 4.69) is 23.4 Å². The van der Waals surface area contributed by atoms with Crippen molar-refractivity contribution in [3.63, 3.8) is 0 Å². The minimum absolute atomic E-state index is 0.262. The van der Waals surface area contributed by atoms with Crippen LogP contribution >= 0.6 is 0 Å². The second-order valence-electron chi connectivity index (χ2n) is 5.24. The zero-order chi connectivity index (χ0) is 15.6. The normalized spacial score (nSPS) is 15.8. The number of rotatable bonds is 4. The molecule has 0 aromatic heterocycles. The first kappa shape index (κ1) is 15.2. The number of primary amides is 1. The highest BCUT2D eigenvalue weighted by atomic mass is 16.5. The van der Waals surface area contributed by atoms with Crippen LogP contribution in [0.15, 0.2) is 18.7 Å². The van der Waals surface area contributed by atoms with Gasteiger partial charge < -0.3 is 26.0 Å². The van der Waals surface area contributed by atoms with Crippen LogP contribution in [0.2, 0.25) is 0 Å². The largest absolute Gasteiger partial charge is 0.495 e. The van der Waals surface area contributed by atoms with Crippen molar-refractivity contribution in [3.8, 4) is 5.75 Å². The summed E-state index contributed by atoms with van der Waals surface area (Å²) in [6.07, 6.45) is 0. The van der Waals surface area contributed by atoms with Crippen LogP contribution in [-0.2, 0) is 4.79 Å². The SMILES string of the molecule is C=C(C(N)=O)c1cc(N)c(OC)cc1N1CCN(C)CC1. The molecule has 1 amide bonds. The molecule has 0 bridgehead atoms. The lowest BCUT2D eigenvalue weighted by molar-refractivity contribution is -0.112. The van der Waals surface area contributed by atoms with E-state index in [9.17, 15) is 4.79 Å². The summed E-state index contributed by atoms with van der Waals surface area (Å²) in [4.78, 5) is 15.9. The van der Waals surface area contributed by atoms with Crippen molar-refractivity contribution < 1.29 is 9.53 Å². The van der Waals surface area contributed by atoms with Crippen molar-refractivity contribution >= 4 is 22.9 Å². The molecule has 6 nitrogen and oxygen atoms in total. The molecule has 2 rings (SSSR count). The molecule has 0 aliphatic carbocycles. The Morgan fingerprint density at radius 2 is 1.90 bits per heavy atom. The van der Waals surface area contributed by atoms with Gasteiger partial charge in [0, 0.05) is 49.1 Å². The van der Waals surface area contributed by atoms with Gasteiger partial charge in [-0.2, -0.15) is 0 Å². The minimum atomic E-state index is -0.546. The Hall–Kier alpha value is -2.21. The van der Waals surface area contributed by atoms with Gasteiger partial charge in [0.25, 0.3) is 0 Å². The van der Waals surface area contributed by atoms with Gasteiger partial charge in [-0.1, -0.05) is 6.58 Å². The summed E-state index contributed by atoms with van der Waals surface area (Å²) < 4.78 is 5.28. The fourth-order valence-corrected chi connectivity index (χ4v) is 2.45. The molecule has 0 spiro atoms. The number of methoxy groups -OCH3 is 1. The van der Waals surface area contributed by atoms with Gasteiger partial charge in [-0.15, -0.1) is 0 Å². The second kappa shape index (κ2) is 6.05. The summed E-state index contributed by atoms with van der Waals surface area (Å²) in [5, 5.41) is 0. The Labute approximate surface area is 124 Å². The van der Waals surface area contributed by atoms with Crippen LogP contribution in [0.3, 0.4) is 0 Å². The Morgan fingerprint density at radius 1 is 1.29 bits per heavy atom. The molecule has 1 fully saturated rings. The Morgan fingerprint density at radius 3 is 2.43 bits per heavy atom. The number of carbonyl (C=O) groups is 1. The molecule has 0 saturated carbocycles. The number of ether oxygens (including phenoxy) is 1. The van der Waals surface area contributed by atoms with Crippen molar-refractivity contribution in [1.29, 1.82) is 0 Å². The van der Waals surface area contributed by atoms with E-state index >= 15 is 0 Å². The lowest BCUT2D eigenvalue weighted by Crippen LogP contribution is -2.44. The van der Waals surface area contributed by atoms with E-state index < -0.39 is 5.91 Å². The number of anilines is 2. The molecule has 114 valence electrons. The smallest absolute Gasteiger partial charge is 0.248 e. The number of amides is 1. The average molecular weight is 290 g/mol. The molecular formula is C15H22N4O2. The van der Waals surface area contributed by atoms with E-state index in [-0.39, 0.29) is 5.57 Å². The second-order valence-corrected chi connectivity index (χ2v) is 5.24. The molecule has 4 N–H and O–H groups in total. The lowest BCUT2D eigenvalue weighted by atomic mass is 10.0. The molecule has 1 saturated heterocycles. The van der Waals surface area contributed by atoms with Gasteiger partial charge >= 0.3 is 0 Å². The van der Waals surface area contributed by atoms with Crippen LogP contribution in [0, 0.1) is 0 Å². The van der Waals surface area contributed by atoms with Crippen LogP contribution in [0.1, 0.15) is 5.56 Å². The lowest BCUT2D eigenvalue weighted by Gasteiger charge is -2.35. The summed E-state index contributed by atoms with van der Waals surface area (Å²) in [5.74, 6) is 0.0416. The van der Waals surface area contributed by atoms with Gasteiger partial charge in [0.05, 0.1) is 12.8 Å². The van der Waals surface area contributed by atoms with Gasteiger partial charge in [-0.3, -0.25) is 4.79 Å². The molecule has 1 aliphatic heterocycles. The maximum atomic E-state index is 11.5. The van der Waals surface area contributed by atoms with E-state index in [0.717, 1.165) is 31.9 Å². The molecule has 6 heteroatoms. The fourth-order valence-electron chi connectivity index (χ4n) is 2.45. The molecule has 0 atom stereocenters. The van der Waals surface area contributed by atoms with Gasteiger partial charge in [0.1, 0.15) is 5.75 Å². The number of nitrogen functional groups attached to an aromatic ring is 1. The van der Waals surface area contributed by atoms with Gasteiger partial charge in [-0.05, 0) is 13.1 Å². The van der Waals surface area contributed by atoms with Crippen LogP contribution in [-0.4, -0.2) is 51.1 Å². The summed E-state index contributed by atoms with van der Waals surface area (Å²) in [7, 11) is 3.66. The zero-order valence-electron chi connectivity index (χ0n) is 12.6. The highest BCUT2D eigenvalue weighted by Crippen LogP contribution is 2.35. The maximum Gasteiger partial charge on any atom is 0.248 e. The van der Waals surface area contributed by atoms with E-state index in [1.165, 1.54) is 0 Å². The van der Waals surface area contributed by atoms with Crippen molar-refractivity contribution in [3.05, 3.63) is 24.3 Å². The first-order chi connectivity index (χ1) is 9.93.